The van der Waals surface area contributed by atoms with E-state index in [0.29, 0.717) is 12.5 Å². The van der Waals surface area contributed by atoms with E-state index < -0.39 is 5.67 Å². The van der Waals surface area contributed by atoms with E-state index in [1.807, 2.05) is 0 Å². The van der Waals surface area contributed by atoms with E-state index in [1.54, 1.807) is 6.08 Å². The predicted molar refractivity (Wildman–Crippen MR) is 57.0 cm³/mol. The van der Waals surface area contributed by atoms with E-state index in [4.69, 9.17) is 0 Å². The standard InChI is InChI=1S/C12H20FN/c1-2-12(13)8-5-6-10(12)11-7-3-4-9-14-11/h2,10-11,14H,1,3-9H2. The molecule has 2 aliphatic rings. The molecule has 0 amide bonds. The van der Waals surface area contributed by atoms with Crippen LogP contribution in [-0.2, 0) is 0 Å². The molecule has 0 aromatic heterocycles. The van der Waals surface area contributed by atoms with E-state index in [0.717, 1.165) is 25.8 Å². The van der Waals surface area contributed by atoms with Crippen molar-refractivity contribution in [2.75, 3.05) is 6.54 Å². The van der Waals surface area contributed by atoms with Crippen LogP contribution in [0.5, 0.6) is 0 Å². The van der Waals surface area contributed by atoms with Crippen molar-refractivity contribution in [3.63, 3.8) is 0 Å². The zero-order chi connectivity index (χ0) is 10.0. The summed E-state index contributed by atoms with van der Waals surface area (Å²) in [6.45, 7) is 4.72. The van der Waals surface area contributed by atoms with Gasteiger partial charge >= 0.3 is 0 Å². The fourth-order valence-electron chi connectivity index (χ4n) is 3.03. The van der Waals surface area contributed by atoms with Crippen LogP contribution < -0.4 is 5.32 Å². The lowest BCUT2D eigenvalue weighted by molar-refractivity contribution is 0.123. The molecule has 1 heterocycles. The molecule has 1 saturated heterocycles. The summed E-state index contributed by atoms with van der Waals surface area (Å²) in [5.41, 5.74) is -1.09. The SMILES string of the molecule is C=CC1(F)CCCC1C1CCCCN1. The average Bonchev–Trinajstić information content (AvgIpc) is 2.63. The van der Waals surface area contributed by atoms with Gasteiger partial charge in [-0.05, 0) is 38.6 Å². The first-order chi connectivity index (χ1) is 6.76. The molecule has 0 spiro atoms. The van der Waals surface area contributed by atoms with Crippen LogP contribution in [0.1, 0.15) is 38.5 Å². The summed E-state index contributed by atoms with van der Waals surface area (Å²) in [4.78, 5) is 0. The summed E-state index contributed by atoms with van der Waals surface area (Å²) in [5.74, 6) is 0.181. The van der Waals surface area contributed by atoms with Gasteiger partial charge < -0.3 is 5.32 Å². The minimum atomic E-state index is -1.09. The first kappa shape index (κ1) is 10.2. The van der Waals surface area contributed by atoms with Crippen molar-refractivity contribution < 1.29 is 4.39 Å². The van der Waals surface area contributed by atoms with Gasteiger partial charge in [-0.25, -0.2) is 4.39 Å². The second-order valence-electron chi connectivity index (χ2n) is 4.69. The lowest BCUT2D eigenvalue weighted by atomic mass is 9.82. The molecule has 3 atom stereocenters. The Hall–Kier alpha value is -0.370. The topological polar surface area (TPSA) is 12.0 Å². The van der Waals surface area contributed by atoms with Gasteiger partial charge in [0.05, 0.1) is 0 Å². The molecule has 2 fully saturated rings. The van der Waals surface area contributed by atoms with E-state index in [9.17, 15) is 4.39 Å². The Morgan fingerprint density at radius 2 is 2.14 bits per heavy atom. The predicted octanol–water partition coefficient (Wildman–Crippen LogP) is 2.82. The highest BCUT2D eigenvalue weighted by Crippen LogP contribution is 2.43. The largest absolute Gasteiger partial charge is 0.314 e. The number of hydrogen-bond acceptors (Lipinski definition) is 1. The second-order valence-corrected chi connectivity index (χ2v) is 4.69. The van der Waals surface area contributed by atoms with Crippen molar-refractivity contribution in [3.8, 4) is 0 Å². The van der Waals surface area contributed by atoms with Crippen LogP contribution in [0.3, 0.4) is 0 Å². The van der Waals surface area contributed by atoms with Gasteiger partial charge in [-0.2, -0.15) is 0 Å². The highest BCUT2D eigenvalue weighted by atomic mass is 19.1. The normalized spacial score (nSPS) is 43.8. The van der Waals surface area contributed by atoms with Crippen LogP contribution in [0, 0.1) is 5.92 Å². The van der Waals surface area contributed by atoms with Crippen LogP contribution in [0.4, 0.5) is 4.39 Å². The highest BCUT2D eigenvalue weighted by molar-refractivity contribution is 5.08. The van der Waals surface area contributed by atoms with Crippen LogP contribution in [0.25, 0.3) is 0 Å². The Bertz CT molecular complexity index is 210. The molecule has 0 aromatic carbocycles. The van der Waals surface area contributed by atoms with Gasteiger partial charge in [-0.1, -0.05) is 19.1 Å². The molecule has 1 N–H and O–H groups in total. The minimum absolute atomic E-state index is 0.181. The van der Waals surface area contributed by atoms with Crippen LogP contribution in [-0.4, -0.2) is 18.3 Å². The number of piperidine rings is 1. The van der Waals surface area contributed by atoms with Crippen molar-refractivity contribution in [1.29, 1.82) is 0 Å². The quantitative estimate of drug-likeness (QED) is 0.671. The first-order valence-electron chi connectivity index (χ1n) is 5.82. The average molecular weight is 197 g/mol. The molecule has 80 valence electrons. The number of halogens is 1. The summed E-state index contributed by atoms with van der Waals surface area (Å²) >= 11 is 0. The molecular formula is C12H20FN. The highest BCUT2D eigenvalue weighted by Gasteiger charge is 2.44. The van der Waals surface area contributed by atoms with E-state index in [1.165, 1.54) is 12.8 Å². The molecule has 2 heteroatoms. The van der Waals surface area contributed by atoms with E-state index in [2.05, 4.69) is 11.9 Å². The lowest BCUT2D eigenvalue weighted by Gasteiger charge is -2.34. The summed E-state index contributed by atoms with van der Waals surface area (Å²) in [5, 5.41) is 3.46. The summed E-state index contributed by atoms with van der Waals surface area (Å²) in [6.07, 6.45) is 7.91. The van der Waals surface area contributed by atoms with Crippen molar-refractivity contribution >= 4 is 0 Å². The van der Waals surface area contributed by atoms with Gasteiger partial charge in [-0.3, -0.25) is 0 Å². The molecule has 14 heavy (non-hydrogen) atoms. The van der Waals surface area contributed by atoms with Gasteiger partial charge in [0.2, 0.25) is 0 Å². The third-order valence-electron chi connectivity index (χ3n) is 3.86. The fourth-order valence-corrected chi connectivity index (χ4v) is 3.03. The summed E-state index contributed by atoms with van der Waals surface area (Å²) in [6, 6.07) is 0.397. The molecule has 1 aliphatic carbocycles. The third kappa shape index (κ3) is 1.72. The van der Waals surface area contributed by atoms with Crippen molar-refractivity contribution in [1.82, 2.24) is 5.32 Å². The molecule has 0 bridgehead atoms. The van der Waals surface area contributed by atoms with Crippen molar-refractivity contribution in [2.24, 2.45) is 5.92 Å². The monoisotopic (exact) mass is 197 g/mol. The lowest BCUT2D eigenvalue weighted by Crippen LogP contribution is -2.45. The van der Waals surface area contributed by atoms with Crippen LogP contribution in [0.2, 0.25) is 0 Å². The maximum atomic E-state index is 14.3. The molecule has 3 unspecified atom stereocenters. The van der Waals surface area contributed by atoms with Gasteiger partial charge in [0, 0.05) is 12.0 Å². The summed E-state index contributed by atoms with van der Waals surface area (Å²) < 4.78 is 14.3. The Morgan fingerprint density at radius 3 is 2.79 bits per heavy atom. The van der Waals surface area contributed by atoms with Crippen LogP contribution in [0.15, 0.2) is 12.7 Å². The fraction of sp³-hybridized carbons (Fsp3) is 0.833. The number of nitrogens with one attached hydrogen (secondary N) is 1. The van der Waals surface area contributed by atoms with Gasteiger partial charge in [0.1, 0.15) is 5.67 Å². The number of alkyl halides is 1. The molecule has 1 saturated carbocycles. The Labute approximate surface area is 85.8 Å². The molecule has 1 nitrogen and oxygen atoms in total. The third-order valence-corrected chi connectivity index (χ3v) is 3.86. The smallest absolute Gasteiger partial charge is 0.133 e. The Morgan fingerprint density at radius 1 is 1.29 bits per heavy atom. The van der Waals surface area contributed by atoms with Gasteiger partial charge in [0.15, 0.2) is 0 Å². The maximum Gasteiger partial charge on any atom is 0.133 e. The van der Waals surface area contributed by atoms with E-state index in [-0.39, 0.29) is 5.92 Å². The number of allylic oxidation sites excluding steroid dienone is 1. The molecule has 0 radical (unpaired) electrons. The zero-order valence-electron chi connectivity index (χ0n) is 8.77. The van der Waals surface area contributed by atoms with Gasteiger partial charge in [0.25, 0.3) is 0 Å². The van der Waals surface area contributed by atoms with Crippen molar-refractivity contribution in [2.45, 2.75) is 50.2 Å². The minimum Gasteiger partial charge on any atom is -0.314 e. The van der Waals surface area contributed by atoms with Crippen molar-refractivity contribution in [3.05, 3.63) is 12.7 Å². The molecule has 0 aromatic rings. The maximum absolute atomic E-state index is 14.3. The first-order valence-corrected chi connectivity index (χ1v) is 5.82. The van der Waals surface area contributed by atoms with Gasteiger partial charge in [-0.15, -0.1) is 0 Å². The second kappa shape index (κ2) is 4.01. The van der Waals surface area contributed by atoms with Crippen LogP contribution >= 0.6 is 0 Å². The zero-order valence-corrected chi connectivity index (χ0v) is 8.77. The number of hydrogen-bond donors (Lipinski definition) is 1. The Kier molecular flexibility index (Phi) is 2.91. The molecule has 1 aliphatic heterocycles. The summed E-state index contributed by atoms with van der Waals surface area (Å²) in [7, 11) is 0. The number of rotatable bonds is 2. The Balaban J connectivity index is 2.04. The van der Waals surface area contributed by atoms with E-state index >= 15 is 0 Å². The molecular weight excluding hydrogens is 177 g/mol. The molecule has 2 rings (SSSR count).